The third-order valence-electron chi connectivity index (χ3n) is 5.14. The number of imidazole rings is 1. The number of aromatic nitrogens is 2. The fourth-order valence-corrected chi connectivity index (χ4v) is 3.46. The topological polar surface area (TPSA) is 51.3 Å². The second kappa shape index (κ2) is 6.83. The van der Waals surface area contributed by atoms with Gasteiger partial charge in [-0.1, -0.05) is 30.3 Å². The molecule has 0 N–H and O–H groups in total. The van der Waals surface area contributed by atoms with E-state index in [1.54, 1.807) is 0 Å². The Bertz CT molecular complexity index is 905. The van der Waals surface area contributed by atoms with Crippen LogP contribution in [0.1, 0.15) is 38.8 Å². The molecule has 134 valence electrons. The Hall–Kier alpha value is -2.82. The number of furan rings is 1. The molecule has 1 aromatic carbocycles. The predicted molar refractivity (Wildman–Crippen MR) is 99.0 cm³/mol. The largest absolute Gasteiger partial charge is 0.456 e. The second-order valence-corrected chi connectivity index (χ2v) is 6.89. The number of hydrogen-bond donors (Lipinski definition) is 0. The number of fused-ring (bicyclic) bond motifs is 1. The van der Waals surface area contributed by atoms with Gasteiger partial charge >= 0.3 is 0 Å². The Balaban J connectivity index is 1.45. The Morgan fingerprint density at radius 1 is 1.23 bits per heavy atom. The highest BCUT2D eigenvalue weighted by Crippen LogP contribution is 2.22. The molecule has 2 aromatic heterocycles. The van der Waals surface area contributed by atoms with E-state index in [4.69, 9.17) is 4.42 Å². The number of nitrogens with zero attached hydrogens (tertiary/aromatic N) is 3. The van der Waals surface area contributed by atoms with Gasteiger partial charge in [0.05, 0.1) is 18.6 Å². The van der Waals surface area contributed by atoms with Crippen molar-refractivity contribution in [3.63, 3.8) is 0 Å². The van der Waals surface area contributed by atoms with Crippen LogP contribution >= 0.6 is 0 Å². The van der Waals surface area contributed by atoms with E-state index >= 15 is 0 Å². The molecule has 3 aromatic rings. The highest BCUT2D eigenvalue weighted by molar-refractivity contribution is 5.91. The Morgan fingerprint density at radius 2 is 2.04 bits per heavy atom. The van der Waals surface area contributed by atoms with Crippen LogP contribution in [0.15, 0.2) is 47.1 Å². The highest BCUT2D eigenvalue weighted by atomic mass is 16.4. The summed E-state index contributed by atoms with van der Waals surface area (Å²) in [5.41, 5.74) is 4.58. The van der Waals surface area contributed by atoms with Gasteiger partial charge in [0.1, 0.15) is 5.76 Å². The zero-order valence-corrected chi connectivity index (χ0v) is 15.2. The standard InChI is InChI=1S/C21H23N3O2/c1-15-12-20(26-16(15)2)21(25)23-11-9-19-18(13-23)22-14-24(19)10-8-17-6-4-3-5-7-17/h3-7,12,14H,8-11,13H2,1-2H3. The Labute approximate surface area is 153 Å². The van der Waals surface area contributed by atoms with Crippen LogP contribution in [0, 0.1) is 13.8 Å². The summed E-state index contributed by atoms with van der Waals surface area (Å²) in [7, 11) is 0. The molecule has 1 amide bonds. The zero-order valence-electron chi connectivity index (χ0n) is 15.2. The fraction of sp³-hybridized carbons (Fsp3) is 0.333. The van der Waals surface area contributed by atoms with E-state index in [2.05, 4.69) is 33.8 Å². The van der Waals surface area contributed by atoms with Crippen LogP contribution < -0.4 is 0 Å². The summed E-state index contributed by atoms with van der Waals surface area (Å²) >= 11 is 0. The normalized spacial score (nSPS) is 13.7. The van der Waals surface area contributed by atoms with Crippen molar-refractivity contribution in [2.45, 2.75) is 39.8 Å². The Kier molecular flexibility index (Phi) is 4.37. The number of rotatable bonds is 4. The molecule has 0 spiro atoms. The van der Waals surface area contributed by atoms with Crippen molar-refractivity contribution in [2.75, 3.05) is 6.54 Å². The third-order valence-corrected chi connectivity index (χ3v) is 5.14. The maximum atomic E-state index is 12.7. The van der Waals surface area contributed by atoms with Gasteiger partial charge in [0.25, 0.3) is 5.91 Å². The molecular weight excluding hydrogens is 326 g/mol. The first-order valence-electron chi connectivity index (χ1n) is 9.05. The van der Waals surface area contributed by atoms with Crippen LogP contribution in [0.25, 0.3) is 0 Å². The van der Waals surface area contributed by atoms with Crippen LogP contribution in [-0.2, 0) is 25.9 Å². The number of amides is 1. The van der Waals surface area contributed by atoms with Crippen molar-refractivity contribution in [2.24, 2.45) is 0 Å². The second-order valence-electron chi connectivity index (χ2n) is 6.89. The molecule has 0 radical (unpaired) electrons. The van der Waals surface area contributed by atoms with E-state index in [9.17, 15) is 4.79 Å². The van der Waals surface area contributed by atoms with Gasteiger partial charge in [-0.2, -0.15) is 0 Å². The van der Waals surface area contributed by atoms with Crippen LogP contribution in [-0.4, -0.2) is 26.9 Å². The molecule has 0 saturated heterocycles. The molecule has 0 saturated carbocycles. The molecule has 5 nitrogen and oxygen atoms in total. The minimum atomic E-state index is -0.0503. The summed E-state index contributed by atoms with van der Waals surface area (Å²) in [5, 5.41) is 0. The summed E-state index contributed by atoms with van der Waals surface area (Å²) in [5.74, 6) is 1.17. The van der Waals surface area contributed by atoms with E-state index in [1.807, 2.05) is 37.2 Å². The van der Waals surface area contributed by atoms with Crippen LogP contribution in [0.3, 0.4) is 0 Å². The molecule has 1 aliphatic rings. The number of benzene rings is 1. The van der Waals surface area contributed by atoms with Gasteiger partial charge in [0.15, 0.2) is 5.76 Å². The molecule has 5 heteroatoms. The maximum absolute atomic E-state index is 12.7. The summed E-state index contributed by atoms with van der Waals surface area (Å²) < 4.78 is 7.82. The SMILES string of the molecule is Cc1cc(C(=O)N2CCc3c(ncn3CCc3ccccc3)C2)oc1C. The highest BCUT2D eigenvalue weighted by Gasteiger charge is 2.27. The molecular formula is C21H23N3O2. The third kappa shape index (κ3) is 3.17. The van der Waals surface area contributed by atoms with Crippen molar-refractivity contribution in [1.82, 2.24) is 14.5 Å². The van der Waals surface area contributed by atoms with Crippen molar-refractivity contribution in [3.8, 4) is 0 Å². The lowest BCUT2D eigenvalue weighted by atomic mass is 10.1. The monoisotopic (exact) mass is 349 g/mol. The first-order valence-corrected chi connectivity index (χ1v) is 9.05. The van der Waals surface area contributed by atoms with Crippen molar-refractivity contribution >= 4 is 5.91 Å². The number of aryl methyl sites for hydroxylation is 4. The van der Waals surface area contributed by atoms with Gasteiger partial charge in [0, 0.05) is 25.2 Å². The van der Waals surface area contributed by atoms with Gasteiger partial charge in [-0.25, -0.2) is 4.98 Å². The first-order chi connectivity index (χ1) is 12.6. The summed E-state index contributed by atoms with van der Waals surface area (Å²) in [6.45, 7) is 6.00. The predicted octanol–water partition coefficient (Wildman–Crippen LogP) is 3.53. The van der Waals surface area contributed by atoms with Gasteiger partial charge < -0.3 is 13.9 Å². The van der Waals surface area contributed by atoms with E-state index in [-0.39, 0.29) is 5.91 Å². The first kappa shape index (κ1) is 16.6. The van der Waals surface area contributed by atoms with Gasteiger partial charge in [-0.3, -0.25) is 4.79 Å². The van der Waals surface area contributed by atoms with Crippen molar-refractivity contribution in [3.05, 3.63) is 76.8 Å². The molecule has 0 unspecified atom stereocenters. The molecule has 4 rings (SSSR count). The summed E-state index contributed by atoms with van der Waals surface area (Å²) in [6, 6.07) is 12.3. The van der Waals surface area contributed by atoms with Gasteiger partial charge in [0.2, 0.25) is 0 Å². The van der Waals surface area contributed by atoms with E-state index in [0.717, 1.165) is 36.4 Å². The molecule has 0 fully saturated rings. The molecule has 26 heavy (non-hydrogen) atoms. The summed E-state index contributed by atoms with van der Waals surface area (Å²) in [6.07, 6.45) is 3.72. The fourth-order valence-electron chi connectivity index (χ4n) is 3.46. The van der Waals surface area contributed by atoms with Gasteiger partial charge in [-0.05, 0) is 37.5 Å². The number of carbonyl (C=O) groups is 1. The van der Waals surface area contributed by atoms with Crippen LogP contribution in [0.5, 0.6) is 0 Å². The van der Waals surface area contributed by atoms with E-state index < -0.39 is 0 Å². The van der Waals surface area contributed by atoms with Crippen LogP contribution in [0.2, 0.25) is 0 Å². The lowest BCUT2D eigenvalue weighted by Gasteiger charge is -2.26. The molecule has 0 bridgehead atoms. The smallest absolute Gasteiger partial charge is 0.289 e. The molecule has 0 atom stereocenters. The summed E-state index contributed by atoms with van der Waals surface area (Å²) in [4.78, 5) is 19.1. The minimum Gasteiger partial charge on any atom is -0.456 e. The Morgan fingerprint density at radius 3 is 2.77 bits per heavy atom. The lowest BCUT2D eigenvalue weighted by molar-refractivity contribution is 0.0697. The minimum absolute atomic E-state index is 0.0503. The molecule has 0 aliphatic carbocycles. The molecule has 3 heterocycles. The number of carbonyl (C=O) groups excluding carboxylic acids is 1. The lowest BCUT2D eigenvalue weighted by Crippen LogP contribution is -2.36. The number of hydrogen-bond acceptors (Lipinski definition) is 3. The van der Waals surface area contributed by atoms with E-state index in [0.29, 0.717) is 18.8 Å². The average molecular weight is 349 g/mol. The van der Waals surface area contributed by atoms with Crippen molar-refractivity contribution < 1.29 is 9.21 Å². The van der Waals surface area contributed by atoms with Crippen molar-refractivity contribution in [1.29, 1.82) is 0 Å². The van der Waals surface area contributed by atoms with E-state index in [1.165, 1.54) is 11.3 Å². The van der Waals surface area contributed by atoms with Gasteiger partial charge in [-0.15, -0.1) is 0 Å². The quantitative estimate of drug-likeness (QED) is 0.724. The maximum Gasteiger partial charge on any atom is 0.289 e. The zero-order chi connectivity index (χ0) is 18.1. The molecule has 1 aliphatic heterocycles. The average Bonchev–Trinajstić information content (AvgIpc) is 3.23. The van der Waals surface area contributed by atoms with Crippen LogP contribution in [0.4, 0.5) is 0 Å².